The zero-order valence-electron chi connectivity index (χ0n) is 15.0. The maximum atomic E-state index is 13.1. The number of amides is 3. The molecule has 1 heterocycles. The predicted molar refractivity (Wildman–Crippen MR) is 95.8 cm³/mol. The largest absolute Gasteiger partial charge is 0.294 e. The van der Waals surface area contributed by atoms with Crippen LogP contribution < -0.4 is 4.90 Å². The third-order valence-electron chi connectivity index (χ3n) is 6.73. The van der Waals surface area contributed by atoms with Crippen LogP contribution in [0.1, 0.15) is 18.9 Å². The fraction of sp³-hybridized carbons (Fsp3) is 0.476. The first-order valence-electron chi connectivity index (χ1n) is 9.35. The molecule has 1 aromatic rings. The van der Waals surface area contributed by atoms with E-state index in [0.29, 0.717) is 11.8 Å². The third-order valence-corrected chi connectivity index (χ3v) is 6.73. The summed E-state index contributed by atoms with van der Waals surface area (Å²) < 4.78 is 0. The molecule has 0 N–H and O–H groups in total. The number of imide groups is 1. The van der Waals surface area contributed by atoms with Crippen molar-refractivity contribution in [3.8, 4) is 0 Å². The second kappa shape index (κ2) is 5.29. The molecular formula is C21H22N2O3. The van der Waals surface area contributed by atoms with Crippen LogP contribution in [0.2, 0.25) is 0 Å². The number of likely N-dealkylation sites (tertiary alicyclic amines) is 1. The van der Waals surface area contributed by atoms with Gasteiger partial charge in [-0.3, -0.25) is 24.2 Å². The van der Waals surface area contributed by atoms with Gasteiger partial charge in [0, 0.05) is 12.6 Å². The molecule has 6 rings (SSSR count). The number of carbonyl (C=O) groups excluding carboxylic acids is 3. The molecule has 0 unspecified atom stereocenters. The van der Waals surface area contributed by atoms with E-state index in [9.17, 15) is 14.4 Å². The monoisotopic (exact) mass is 350 g/mol. The van der Waals surface area contributed by atoms with Gasteiger partial charge in [0.05, 0.1) is 11.8 Å². The van der Waals surface area contributed by atoms with E-state index in [2.05, 4.69) is 12.2 Å². The van der Waals surface area contributed by atoms with Crippen molar-refractivity contribution in [1.29, 1.82) is 0 Å². The maximum absolute atomic E-state index is 13.1. The van der Waals surface area contributed by atoms with Crippen LogP contribution in [-0.2, 0) is 14.4 Å². The average Bonchev–Trinajstić information content (AvgIpc) is 3.39. The smallest absolute Gasteiger partial charge is 0.235 e. The molecule has 4 aliphatic carbocycles. The highest BCUT2D eigenvalue weighted by Gasteiger charge is 2.67. The third kappa shape index (κ3) is 2.06. The van der Waals surface area contributed by atoms with Crippen molar-refractivity contribution in [3.05, 3.63) is 42.0 Å². The van der Waals surface area contributed by atoms with Crippen LogP contribution in [0.15, 0.2) is 36.4 Å². The van der Waals surface area contributed by atoms with Gasteiger partial charge in [0.1, 0.15) is 6.67 Å². The second-order valence-electron chi connectivity index (χ2n) is 8.19. The molecule has 134 valence electrons. The van der Waals surface area contributed by atoms with Crippen LogP contribution in [0.4, 0.5) is 5.69 Å². The Morgan fingerprint density at radius 2 is 1.73 bits per heavy atom. The Labute approximate surface area is 152 Å². The molecule has 1 aromatic carbocycles. The van der Waals surface area contributed by atoms with Crippen molar-refractivity contribution < 1.29 is 14.4 Å². The molecule has 0 radical (unpaired) electrons. The normalized spacial score (nSPS) is 36.2. The first-order valence-corrected chi connectivity index (χ1v) is 9.35. The Kier molecular flexibility index (Phi) is 3.21. The Bertz CT molecular complexity index is 825. The van der Waals surface area contributed by atoms with Crippen molar-refractivity contribution in [2.45, 2.75) is 20.3 Å². The highest BCUT2D eigenvalue weighted by atomic mass is 16.2. The van der Waals surface area contributed by atoms with E-state index in [1.54, 1.807) is 0 Å². The summed E-state index contributed by atoms with van der Waals surface area (Å²) in [4.78, 5) is 41.3. The number of carbonyl (C=O) groups is 3. The summed E-state index contributed by atoms with van der Waals surface area (Å²) in [6, 6.07) is 7.58. The Morgan fingerprint density at radius 3 is 2.27 bits per heavy atom. The van der Waals surface area contributed by atoms with Crippen LogP contribution in [0.3, 0.4) is 0 Å². The van der Waals surface area contributed by atoms with Gasteiger partial charge in [0.15, 0.2) is 0 Å². The number of allylic oxidation sites excluding steroid dienone is 2. The van der Waals surface area contributed by atoms with Crippen molar-refractivity contribution in [2.75, 3.05) is 11.6 Å². The minimum Gasteiger partial charge on any atom is -0.294 e. The molecule has 2 bridgehead atoms. The fourth-order valence-corrected chi connectivity index (χ4v) is 5.46. The van der Waals surface area contributed by atoms with Gasteiger partial charge in [-0.1, -0.05) is 24.3 Å². The summed E-state index contributed by atoms with van der Waals surface area (Å²) in [7, 11) is 0. The van der Waals surface area contributed by atoms with Gasteiger partial charge < -0.3 is 0 Å². The van der Waals surface area contributed by atoms with E-state index < -0.39 is 0 Å². The van der Waals surface area contributed by atoms with E-state index in [1.165, 1.54) is 16.7 Å². The van der Waals surface area contributed by atoms with Gasteiger partial charge >= 0.3 is 0 Å². The summed E-state index contributed by atoms with van der Waals surface area (Å²) >= 11 is 0. The van der Waals surface area contributed by atoms with E-state index in [1.807, 2.05) is 31.2 Å². The van der Waals surface area contributed by atoms with Crippen LogP contribution in [0.25, 0.3) is 0 Å². The minimum absolute atomic E-state index is 0.0121. The zero-order valence-corrected chi connectivity index (χ0v) is 15.0. The molecule has 3 fully saturated rings. The molecule has 5 aliphatic rings. The number of hydrogen-bond acceptors (Lipinski definition) is 3. The lowest BCUT2D eigenvalue weighted by molar-refractivity contribution is -0.140. The van der Waals surface area contributed by atoms with Crippen LogP contribution in [0, 0.1) is 42.4 Å². The molecule has 1 saturated heterocycles. The molecular weight excluding hydrogens is 328 g/mol. The molecule has 0 aromatic heterocycles. The summed E-state index contributed by atoms with van der Waals surface area (Å²) in [5.41, 5.74) is 1.75. The van der Waals surface area contributed by atoms with Crippen molar-refractivity contribution in [2.24, 2.45) is 35.5 Å². The van der Waals surface area contributed by atoms with E-state index in [0.717, 1.165) is 17.7 Å². The van der Waals surface area contributed by atoms with Crippen molar-refractivity contribution in [3.63, 3.8) is 0 Å². The van der Waals surface area contributed by atoms with Gasteiger partial charge in [0.25, 0.3) is 0 Å². The van der Waals surface area contributed by atoms with E-state index >= 15 is 0 Å². The topological polar surface area (TPSA) is 57.7 Å². The number of nitrogens with zero attached hydrogens (tertiary/aromatic N) is 2. The van der Waals surface area contributed by atoms with Gasteiger partial charge in [0.2, 0.25) is 17.7 Å². The lowest BCUT2D eigenvalue weighted by Gasteiger charge is -2.37. The SMILES string of the molecule is CC(=O)N(CN1C(=O)[C@@H]2[C@@H]3C=C[C@H]([C@@H]4C[C@H]34)[C@@H]2C1=O)c1cccc(C)c1. The summed E-state index contributed by atoms with van der Waals surface area (Å²) in [6.45, 7) is 3.44. The van der Waals surface area contributed by atoms with Gasteiger partial charge in [-0.15, -0.1) is 0 Å². The van der Waals surface area contributed by atoms with Gasteiger partial charge in [-0.2, -0.15) is 0 Å². The van der Waals surface area contributed by atoms with Gasteiger partial charge in [-0.25, -0.2) is 0 Å². The zero-order chi connectivity index (χ0) is 18.2. The molecule has 2 saturated carbocycles. The molecule has 26 heavy (non-hydrogen) atoms. The molecule has 1 aliphatic heterocycles. The lowest BCUT2D eigenvalue weighted by atomic mass is 9.63. The number of anilines is 1. The molecule has 5 heteroatoms. The Morgan fingerprint density at radius 1 is 1.12 bits per heavy atom. The fourth-order valence-electron chi connectivity index (χ4n) is 5.46. The molecule has 3 amide bonds. The first-order chi connectivity index (χ1) is 12.5. The number of rotatable bonds is 3. The molecule has 0 spiro atoms. The van der Waals surface area contributed by atoms with Crippen LogP contribution in [-0.4, -0.2) is 29.3 Å². The van der Waals surface area contributed by atoms with Gasteiger partial charge in [-0.05, 0) is 54.7 Å². The van der Waals surface area contributed by atoms with Crippen molar-refractivity contribution >= 4 is 23.4 Å². The molecule has 6 atom stereocenters. The Balaban J connectivity index is 1.45. The minimum atomic E-state index is -0.215. The highest BCUT2D eigenvalue weighted by molar-refractivity contribution is 6.07. The lowest BCUT2D eigenvalue weighted by Crippen LogP contribution is -2.44. The quantitative estimate of drug-likeness (QED) is 0.621. The second-order valence-corrected chi connectivity index (χ2v) is 8.19. The highest BCUT2D eigenvalue weighted by Crippen LogP contribution is 2.65. The summed E-state index contributed by atoms with van der Waals surface area (Å²) in [5.74, 6) is 0.803. The summed E-state index contributed by atoms with van der Waals surface area (Å²) in [5, 5.41) is 0. The number of hydrogen-bond donors (Lipinski definition) is 0. The molecule has 5 nitrogen and oxygen atoms in total. The van der Waals surface area contributed by atoms with Crippen molar-refractivity contribution in [1.82, 2.24) is 4.90 Å². The maximum Gasteiger partial charge on any atom is 0.235 e. The predicted octanol–water partition coefficient (Wildman–Crippen LogP) is 2.36. The first kappa shape index (κ1) is 15.8. The standard InChI is InChI=1S/C21H22N2O3/c1-11-4-3-5-13(8-11)22(12(2)24)10-23-20(25)18-14-6-7-15(17-9-16(14)17)19(18)21(23)26/h3-8,14-19H,9-10H2,1-2H3/t14-,15-,16-,17+,18-,19+/m1/s1. The average molecular weight is 350 g/mol. The van der Waals surface area contributed by atoms with Crippen LogP contribution in [0.5, 0.6) is 0 Å². The Hall–Kier alpha value is -2.43. The summed E-state index contributed by atoms with van der Waals surface area (Å²) in [6.07, 6.45) is 5.48. The number of benzene rings is 1. The van der Waals surface area contributed by atoms with E-state index in [-0.39, 0.29) is 48.1 Å². The van der Waals surface area contributed by atoms with Crippen LogP contribution >= 0.6 is 0 Å². The van der Waals surface area contributed by atoms with E-state index in [4.69, 9.17) is 0 Å². The number of aryl methyl sites for hydroxylation is 1.